The Morgan fingerprint density at radius 1 is 0.538 bits per heavy atom. The van der Waals surface area contributed by atoms with Gasteiger partial charge >= 0.3 is 11.8 Å². The molecular weight excluding hydrogens is 340 g/mol. The normalized spacial score (nSPS) is 17.8. The number of hydrogen-bond donors (Lipinski definition) is 0. The van der Waals surface area contributed by atoms with Crippen molar-refractivity contribution >= 4 is 43.1 Å². The predicted octanol–water partition coefficient (Wildman–Crippen LogP) is 6.93. The number of halogens is 4. The molecule has 0 radical (unpaired) electrons. The zero-order valence-corrected chi connectivity index (χ0v) is 13.3. The second-order valence-corrected chi connectivity index (χ2v) is 6.94. The van der Waals surface area contributed by atoms with Crippen molar-refractivity contribution in [3.63, 3.8) is 0 Å². The first-order chi connectivity index (χ1) is 12.4. The highest BCUT2D eigenvalue weighted by Crippen LogP contribution is 2.64. The van der Waals surface area contributed by atoms with E-state index in [4.69, 9.17) is 0 Å². The molecule has 0 saturated heterocycles. The molecule has 0 fully saturated rings. The Balaban J connectivity index is 2.04. The highest BCUT2D eigenvalue weighted by molar-refractivity contribution is 6.34. The molecule has 4 heteroatoms. The Morgan fingerprint density at radius 3 is 1.81 bits per heavy atom. The van der Waals surface area contributed by atoms with Crippen LogP contribution in [0.5, 0.6) is 0 Å². The van der Waals surface area contributed by atoms with Gasteiger partial charge < -0.3 is 0 Å². The molecule has 0 aliphatic heterocycles. The largest absolute Gasteiger partial charge is 0.340 e. The van der Waals surface area contributed by atoms with E-state index in [2.05, 4.69) is 0 Å². The van der Waals surface area contributed by atoms with E-state index >= 15 is 0 Å². The van der Waals surface area contributed by atoms with E-state index in [1.165, 1.54) is 6.07 Å². The van der Waals surface area contributed by atoms with Gasteiger partial charge in [-0.05, 0) is 43.8 Å². The summed E-state index contributed by atoms with van der Waals surface area (Å²) in [6.45, 7) is 0. The lowest BCUT2D eigenvalue weighted by molar-refractivity contribution is -0.253. The fraction of sp³-hybridized carbons (Fsp3) is 0.0909. The quantitative estimate of drug-likeness (QED) is 0.161. The summed E-state index contributed by atoms with van der Waals surface area (Å²) in [6.07, 6.45) is 0. The first-order valence-electron chi connectivity index (χ1n) is 8.32. The lowest BCUT2D eigenvalue weighted by atomic mass is 9.74. The van der Waals surface area contributed by atoms with Crippen molar-refractivity contribution in [1.29, 1.82) is 0 Å². The number of benzene rings is 5. The van der Waals surface area contributed by atoms with Crippen LogP contribution in [-0.2, 0) is 11.8 Å². The molecule has 0 unspecified atom stereocenters. The van der Waals surface area contributed by atoms with Crippen LogP contribution in [0.1, 0.15) is 11.1 Å². The molecule has 1 aliphatic carbocycles. The monoisotopic (exact) mass is 350 g/mol. The van der Waals surface area contributed by atoms with Gasteiger partial charge in [-0.3, -0.25) is 0 Å². The summed E-state index contributed by atoms with van der Waals surface area (Å²) in [5.74, 6) is -8.29. The van der Waals surface area contributed by atoms with Crippen LogP contribution in [0, 0.1) is 0 Å². The van der Waals surface area contributed by atoms with Crippen LogP contribution >= 0.6 is 0 Å². The molecule has 0 atom stereocenters. The fourth-order valence-electron chi connectivity index (χ4n) is 4.56. The maximum atomic E-state index is 14.4. The summed E-state index contributed by atoms with van der Waals surface area (Å²) in [5.41, 5.74) is -1.08. The molecule has 0 bridgehead atoms. The minimum absolute atomic E-state index is 0.258. The number of fused-ring (bicyclic) bond motifs is 4. The number of alkyl halides is 4. The number of hydrogen-bond acceptors (Lipinski definition) is 0. The first kappa shape index (κ1) is 14.3. The summed E-state index contributed by atoms with van der Waals surface area (Å²) in [5, 5.41) is 5.58. The van der Waals surface area contributed by atoms with E-state index in [-0.39, 0.29) is 5.39 Å². The Kier molecular flexibility index (Phi) is 2.25. The van der Waals surface area contributed by atoms with E-state index in [1.54, 1.807) is 24.3 Å². The van der Waals surface area contributed by atoms with Gasteiger partial charge in [0.25, 0.3) is 0 Å². The van der Waals surface area contributed by atoms with Crippen LogP contribution in [0.15, 0.2) is 60.7 Å². The van der Waals surface area contributed by atoms with Crippen molar-refractivity contribution in [2.45, 2.75) is 11.8 Å². The van der Waals surface area contributed by atoms with Gasteiger partial charge in [0.15, 0.2) is 0 Å². The third-order valence-corrected chi connectivity index (χ3v) is 5.68. The number of rotatable bonds is 0. The zero-order valence-electron chi connectivity index (χ0n) is 13.3. The molecule has 5 aromatic rings. The van der Waals surface area contributed by atoms with Crippen molar-refractivity contribution in [3.8, 4) is 0 Å². The van der Waals surface area contributed by atoms with Gasteiger partial charge in [0.05, 0.1) is 0 Å². The van der Waals surface area contributed by atoms with Crippen molar-refractivity contribution < 1.29 is 17.6 Å². The molecule has 0 aromatic heterocycles. The van der Waals surface area contributed by atoms with E-state index < -0.39 is 23.0 Å². The fourth-order valence-corrected chi connectivity index (χ4v) is 4.56. The van der Waals surface area contributed by atoms with Gasteiger partial charge in [-0.15, -0.1) is 0 Å². The Bertz CT molecular complexity index is 1380. The Morgan fingerprint density at radius 2 is 1.12 bits per heavy atom. The minimum Gasteiger partial charge on any atom is -0.194 e. The molecule has 26 heavy (non-hydrogen) atoms. The average Bonchev–Trinajstić information content (AvgIpc) is 2.64. The molecule has 0 spiro atoms. The molecule has 0 saturated carbocycles. The molecule has 6 rings (SSSR count). The van der Waals surface area contributed by atoms with Gasteiger partial charge in [0.2, 0.25) is 0 Å². The van der Waals surface area contributed by atoms with Gasteiger partial charge in [-0.2, -0.15) is 17.6 Å². The van der Waals surface area contributed by atoms with Crippen LogP contribution < -0.4 is 0 Å². The van der Waals surface area contributed by atoms with Gasteiger partial charge in [0, 0.05) is 16.5 Å². The van der Waals surface area contributed by atoms with E-state index in [0.717, 1.165) is 21.5 Å². The maximum absolute atomic E-state index is 14.4. The molecular formula is C22H10F4. The van der Waals surface area contributed by atoms with E-state index in [1.807, 2.05) is 30.3 Å². The highest BCUT2D eigenvalue weighted by atomic mass is 19.3. The van der Waals surface area contributed by atoms with Gasteiger partial charge in [-0.1, -0.05) is 54.6 Å². The minimum atomic E-state index is -4.16. The summed E-state index contributed by atoms with van der Waals surface area (Å²) in [6, 6.07) is 17.8. The molecule has 126 valence electrons. The smallest absolute Gasteiger partial charge is 0.194 e. The third-order valence-electron chi connectivity index (χ3n) is 5.68. The lowest BCUT2D eigenvalue weighted by Crippen LogP contribution is -2.47. The van der Waals surface area contributed by atoms with Crippen molar-refractivity contribution in [3.05, 3.63) is 71.8 Å². The average molecular weight is 350 g/mol. The second-order valence-electron chi connectivity index (χ2n) is 6.94. The van der Waals surface area contributed by atoms with Crippen LogP contribution in [0.25, 0.3) is 43.1 Å². The van der Waals surface area contributed by atoms with Crippen molar-refractivity contribution in [1.82, 2.24) is 0 Å². The van der Waals surface area contributed by atoms with Crippen LogP contribution in [-0.4, -0.2) is 0 Å². The predicted molar refractivity (Wildman–Crippen MR) is 95.4 cm³/mol. The van der Waals surface area contributed by atoms with Crippen molar-refractivity contribution in [2.75, 3.05) is 0 Å². The Hall–Kier alpha value is -2.88. The van der Waals surface area contributed by atoms with Gasteiger partial charge in [-0.25, -0.2) is 0 Å². The Labute approximate surface area is 145 Å². The molecule has 0 nitrogen and oxygen atoms in total. The summed E-state index contributed by atoms with van der Waals surface area (Å²) < 4.78 is 57.1. The summed E-state index contributed by atoms with van der Waals surface area (Å²) in [7, 11) is 0. The first-order valence-corrected chi connectivity index (χ1v) is 8.32. The SMILES string of the molecule is FC1(F)c2cc3cccc4c5cccc6cccc(c(c2C1(F)F)c34)c65. The topological polar surface area (TPSA) is 0 Å². The van der Waals surface area contributed by atoms with Crippen LogP contribution in [0.4, 0.5) is 17.6 Å². The maximum Gasteiger partial charge on any atom is 0.340 e. The molecule has 0 amide bonds. The van der Waals surface area contributed by atoms with E-state index in [0.29, 0.717) is 16.2 Å². The third kappa shape index (κ3) is 1.33. The highest BCUT2D eigenvalue weighted by Gasteiger charge is 2.70. The molecule has 5 aromatic carbocycles. The molecule has 0 N–H and O–H groups in total. The van der Waals surface area contributed by atoms with Crippen LogP contribution in [0.2, 0.25) is 0 Å². The zero-order chi connectivity index (χ0) is 17.8. The standard InChI is InChI=1S/C22H10F4/c23-21(24)16-10-12-6-3-8-14-13-7-1-4-11-5-2-9-15(17(11)13)19(18(12)14)20(16)22(21,25)26/h1-10H. The van der Waals surface area contributed by atoms with Crippen LogP contribution in [0.3, 0.4) is 0 Å². The summed E-state index contributed by atoms with van der Waals surface area (Å²) in [4.78, 5) is 0. The van der Waals surface area contributed by atoms with E-state index in [9.17, 15) is 17.6 Å². The van der Waals surface area contributed by atoms with Crippen molar-refractivity contribution in [2.24, 2.45) is 0 Å². The molecule has 0 heterocycles. The second kappa shape index (κ2) is 4.09. The van der Waals surface area contributed by atoms with Gasteiger partial charge in [0.1, 0.15) is 0 Å². The molecule has 1 aliphatic rings. The summed E-state index contributed by atoms with van der Waals surface area (Å²) >= 11 is 0. The lowest BCUT2D eigenvalue weighted by Gasteiger charge is -2.40.